The van der Waals surface area contributed by atoms with Crippen molar-refractivity contribution in [3.05, 3.63) is 58.7 Å². The number of nitriles is 2. The van der Waals surface area contributed by atoms with Crippen LogP contribution in [0.1, 0.15) is 47.9 Å². The summed E-state index contributed by atoms with van der Waals surface area (Å²) in [6.07, 6.45) is 5.02. The van der Waals surface area contributed by atoms with Crippen LogP contribution in [0.2, 0.25) is 0 Å². The summed E-state index contributed by atoms with van der Waals surface area (Å²) in [5, 5.41) is 18.6. The van der Waals surface area contributed by atoms with Gasteiger partial charge in [-0.25, -0.2) is 0 Å². The number of Topliss-reactive ketones (excluding diaryl/α,β-unsaturated/α-hetero) is 1. The Bertz CT molecular complexity index is 1100. The quantitative estimate of drug-likeness (QED) is 0.653. The maximum absolute atomic E-state index is 13.7. The fourth-order valence-corrected chi connectivity index (χ4v) is 6.51. The number of nitrogens with zero attached hydrogens (tertiary/aromatic N) is 2. The molecule has 2 heterocycles. The van der Waals surface area contributed by atoms with Gasteiger partial charge in [0.15, 0.2) is 0 Å². The van der Waals surface area contributed by atoms with Gasteiger partial charge < -0.3 is 9.47 Å². The summed E-state index contributed by atoms with van der Waals surface area (Å²) in [6.45, 7) is 0. The molecule has 1 spiro atoms. The fraction of sp³-hybridized carbons (Fsp3) is 0.423. The molecular formula is C26H22N2O3. The zero-order chi connectivity index (χ0) is 21.2. The molecule has 0 unspecified atom stereocenters. The number of benzene rings is 2. The lowest BCUT2D eigenvalue weighted by Crippen LogP contribution is -2.65. The molecule has 4 atom stereocenters. The van der Waals surface area contributed by atoms with Crippen molar-refractivity contribution in [2.24, 2.45) is 17.3 Å². The van der Waals surface area contributed by atoms with Crippen LogP contribution in [0, 0.1) is 39.9 Å². The molecule has 0 saturated heterocycles. The summed E-state index contributed by atoms with van der Waals surface area (Å²) >= 11 is 0. The normalized spacial score (nSPS) is 29.3. The third-order valence-electron chi connectivity index (χ3n) is 7.91. The largest absolute Gasteiger partial charge is 0.489 e. The second kappa shape index (κ2) is 6.59. The molecule has 4 aliphatic rings. The maximum atomic E-state index is 13.7. The van der Waals surface area contributed by atoms with Crippen molar-refractivity contribution < 1.29 is 14.3 Å². The van der Waals surface area contributed by atoms with E-state index in [1.54, 1.807) is 24.3 Å². The highest BCUT2D eigenvalue weighted by Crippen LogP contribution is 2.58. The molecule has 0 N–H and O–H groups in total. The smallest absolute Gasteiger partial charge is 0.147 e. The first kappa shape index (κ1) is 18.5. The molecule has 5 nitrogen and oxygen atoms in total. The molecule has 0 radical (unpaired) electrons. The number of ether oxygens (including phenoxy) is 2. The summed E-state index contributed by atoms with van der Waals surface area (Å²) in [5.74, 6) is 1.35. The molecule has 31 heavy (non-hydrogen) atoms. The van der Waals surface area contributed by atoms with Crippen molar-refractivity contribution in [3.8, 4) is 23.6 Å². The molecule has 2 saturated carbocycles. The van der Waals surface area contributed by atoms with Crippen molar-refractivity contribution >= 4 is 5.78 Å². The Morgan fingerprint density at radius 2 is 1.29 bits per heavy atom. The molecule has 0 aromatic heterocycles. The van der Waals surface area contributed by atoms with Gasteiger partial charge in [0.1, 0.15) is 29.5 Å². The Kier molecular flexibility index (Phi) is 3.93. The van der Waals surface area contributed by atoms with Gasteiger partial charge in [0.2, 0.25) is 0 Å². The highest BCUT2D eigenvalue weighted by atomic mass is 16.5. The second-order valence-corrected chi connectivity index (χ2v) is 9.41. The lowest BCUT2D eigenvalue weighted by molar-refractivity contribution is -0.167. The van der Waals surface area contributed by atoms with Crippen LogP contribution in [-0.2, 0) is 17.6 Å². The van der Waals surface area contributed by atoms with Crippen LogP contribution in [0.4, 0.5) is 0 Å². The first-order valence-electron chi connectivity index (χ1n) is 11.1. The Hall–Kier alpha value is -3.31. The van der Waals surface area contributed by atoms with Crippen LogP contribution in [-0.4, -0.2) is 18.0 Å². The van der Waals surface area contributed by atoms with Crippen molar-refractivity contribution in [3.63, 3.8) is 0 Å². The predicted molar refractivity (Wildman–Crippen MR) is 111 cm³/mol. The van der Waals surface area contributed by atoms with Gasteiger partial charge >= 0.3 is 0 Å². The molecule has 2 aromatic rings. The number of fused-ring (bicyclic) bond motifs is 6. The lowest BCUT2D eigenvalue weighted by Gasteiger charge is -2.55. The summed E-state index contributed by atoms with van der Waals surface area (Å²) in [4.78, 5) is 13.7. The van der Waals surface area contributed by atoms with Gasteiger partial charge in [0.25, 0.3) is 0 Å². The van der Waals surface area contributed by atoms with E-state index >= 15 is 0 Å². The zero-order valence-electron chi connectivity index (χ0n) is 17.1. The van der Waals surface area contributed by atoms with Crippen LogP contribution in [0.3, 0.4) is 0 Å². The minimum Gasteiger partial charge on any atom is -0.489 e. The fourth-order valence-electron chi connectivity index (χ4n) is 6.51. The standard InChI is InChI=1S/C26H22N2O3/c27-13-15-3-5-17-11-19-23(29)20-12-18-6-4-16(14-28)10-22(18)31-25(20)26(7-1-2-8-26)24(19)30-21(17)9-15/h3-6,9-10,19-20,24-25H,1-2,7-8,11-12H2/t19-,20+,24+,25-. The second-order valence-electron chi connectivity index (χ2n) is 9.41. The lowest BCUT2D eigenvalue weighted by atomic mass is 9.56. The van der Waals surface area contributed by atoms with E-state index in [2.05, 4.69) is 12.1 Å². The Morgan fingerprint density at radius 3 is 1.74 bits per heavy atom. The predicted octanol–water partition coefficient (Wildman–Crippen LogP) is 4.11. The summed E-state index contributed by atoms with van der Waals surface area (Å²) in [7, 11) is 0. The molecule has 6 rings (SSSR count). The van der Waals surface area contributed by atoms with Gasteiger partial charge in [-0.15, -0.1) is 0 Å². The molecule has 2 fully saturated rings. The van der Waals surface area contributed by atoms with Crippen molar-refractivity contribution in [2.75, 3.05) is 0 Å². The van der Waals surface area contributed by atoms with Crippen molar-refractivity contribution in [2.45, 2.75) is 50.7 Å². The van der Waals surface area contributed by atoms with Gasteiger partial charge in [-0.1, -0.05) is 25.0 Å². The van der Waals surface area contributed by atoms with Gasteiger partial charge in [0, 0.05) is 5.41 Å². The topological polar surface area (TPSA) is 83.1 Å². The number of rotatable bonds is 0. The Balaban J connectivity index is 1.45. The monoisotopic (exact) mass is 410 g/mol. The molecular weight excluding hydrogens is 388 g/mol. The van der Waals surface area contributed by atoms with E-state index in [-0.39, 0.29) is 35.2 Å². The van der Waals surface area contributed by atoms with Crippen LogP contribution < -0.4 is 9.47 Å². The third kappa shape index (κ3) is 2.56. The molecule has 5 heteroatoms. The van der Waals surface area contributed by atoms with E-state index < -0.39 is 0 Å². The first-order valence-corrected chi connectivity index (χ1v) is 11.1. The van der Waals surface area contributed by atoms with E-state index in [0.717, 1.165) is 48.3 Å². The van der Waals surface area contributed by atoms with E-state index in [1.807, 2.05) is 12.1 Å². The number of carbonyl (C=O) groups excluding carboxylic acids is 1. The summed E-state index contributed by atoms with van der Waals surface area (Å²) in [6, 6.07) is 15.5. The average molecular weight is 410 g/mol. The van der Waals surface area contributed by atoms with Crippen molar-refractivity contribution in [1.29, 1.82) is 10.5 Å². The highest BCUT2D eigenvalue weighted by Gasteiger charge is 2.64. The van der Waals surface area contributed by atoms with Gasteiger partial charge in [-0.05, 0) is 61.1 Å². The van der Waals surface area contributed by atoms with Crippen LogP contribution in [0.25, 0.3) is 0 Å². The average Bonchev–Trinajstić information content (AvgIpc) is 3.31. The molecule has 0 bridgehead atoms. The van der Waals surface area contributed by atoms with E-state index in [1.165, 1.54) is 0 Å². The van der Waals surface area contributed by atoms with Crippen LogP contribution in [0.15, 0.2) is 36.4 Å². The minimum atomic E-state index is -0.231. The van der Waals surface area contributed by atoms with Crippen LogP contribution in [0.5, 0.6) is 11.5 Å². The summed E-state index contributed by atoms with van der Waals surface area (Å²) < 4.78 is 13.1. The number of hydrogen-bond acceptors (Lipinski definition) is 5. The SMILES string of the molecule is N#Cc1ccc2c(c1)O[C@@H]1[C@@H](C2)C(=O)[C@H]2Cc3ccc(C#N)cc3O[C@@H]2C12CCCC2. The van der Waals surface area contributed by atoms with Crippen LogP contribution >= 0.6 is 0 Å². The van der Waals surface area contributed by atoms with E-state index in [4.69, 9.17) is 9.47 Å². The highest BCUT2D eigenvalue weighted by molar-refractivity contribution is 5.87. The van der Waals surface area contributed by atoms with E-state index in [9.17, 15) is 15.3 Å². The molecule has 2 aliphatic carbocycles. The molecule has 0 amide bonds. The number of ketones is 1. The number of hydrogen-bond donors (Lipinski definition) is 0. The third-order valence-corrected chi connectivity index (χ3v) is 7.91. The Labute approximate surface area is 181 Å². The molecule has 154 valence electrons. The maximum Gasteiger partial charge on any atom is 0.147 e. The first-order chi connectivity index (χ1) is 15.1. The summed E-state index contributed by atoms with van der Waals surface area (Å²) in [5.41, 5.74) is 2.95. The van der Waals surface area contributed by atoms with Gasteiger partial charge in [0.05, 0.1) is 35.1 Å². The van der Waals surface area contributed by atoms with Gasteiger partial charge in [-0.3, -0.25) is 4.79 Å². The zero-order valence-corrected chi connectivity index (χ0v) is 17.1. The van der Waals surface area contributed by atoms with Crippen molar-refractivity contribution in [1.82, 2.24) is 0 Å². The van der Waals surface area contributed by atoms with Gasteiger partial charge in [-0.2, -0.15) is 10.5 Å². The molecule has 2 aliphatic heterocycles. The Morgan fingerprint density at radius 1 is 0.806 bits per heavy atom. The number of carbonyl (C=O) groups is 1. The van der Waals surface area contributed by atoms with E-state index in [0.29, 0.717) is 24.0 Å². The molecule has 2 aromatic carbocycles. The minimum absolute atomic E-state index is 0.177.